The van der Waals surface area contributed by atoms with E-state index < -0.39 is 0 Å². The summed E-state index contributed by atoms with van der Waals surface area (Å²) in [6.07, 6.45) is 18.8. The van der Waals surface area contributed by atoms with E-state index in [1.807, 2.05) is 0 Å². The van der Waals surface area contributed by atoms with Gasteiger partial charge >= 0.3 is 0 Å². The molecule has 0 aromatic rings. The first-order valence-corrected chi connectivity index (χ1v) is 7.50. The minimum absolute atomic E-state index is 0.571. The van der Waals surface area contributed by atoms with Crippen molar-refractivity contribution in [2.45, 2.75) is 26.7 Å². The lowest BCUT2D eigenvalue weighted by atomic mass is 9.63. The monoisotopic (exact) mass is 248 g/mol. The van der Waals surface area contributed by atoms with Gasteiger partial charge in [0.2, 0.25) is 0 Å². The Balaban J connectivity index is 2.00. The Morgan fingerprint density at radius 2 is 2.05 bits per heavy atom. The maximum absolute atomic E-state index is 2.41. The molecule has 0 aliphatic heterocycles. The van der Waals surface area contributed by atoms with Gasteiger partial charge in [0.1, 0.15) is 0 Å². The molecule has 0 saturated carbocycles. The molecule has 4 rings (SSSR count). The van der Waals surface area contributed by atoms with Crippen molar-refractivity contribution in [3.63, 3.8) is 0 Å². The molecule has 0 spiro atoms. The van der Waals surface area contributed by atoms with E-state index in [2.05, 4.69) is 56.4 Å². The van der Waals surface area contributed by atoms with Crippen molar-refractivity contribution in [2.24, 2.45) is 17.8 Å². The van der Waals surface area contributed by atoms with Crippen molar-refractivity contribution in [3.8, 4) is 0 Å². The van der Waals surface area contributed by atoms with Crippen molar-refractivity contribution in [1.82, 2.24) is 0 Å². The number of hydrogen-bond donors (Lipinski definition) is 0. The van der Waals surface area contributed by atoms with Crippen LogP contribution in [0.2, 0.25) is 0 Å². The molecule has 0 fully saturated rings. The van der Waals surface area contributed by atoms with Gasteiger partial charge < -0.3 is 0 Å². The van der Waals surface area contributed by atoms with Gasteiger partial charge in [-0.1, -0.05) is 62.0 Å². The molecule has 0 saturated heterocycles. The highest BCUT2D eigenvalue weighted by Crippen LogP contribution is 2.51. The Morgan fingerprint density at radius 1 is 1.16 bits per heavy atom. The zero-order valence-corrected chi connectivity index (χ0v) is 11.7. The molecule has 19 heavy (non-hydrogen) atoms. The zero-order valence-electron chi connectivity index (χ0n) is 11.7. The standard InChI is InChI=1S/C19H20/c1-3-13-11-12(2)16-9-7-14-5-4-6-15-8-10-17(13)19(16)18(14)15/h4-10,12,14,18H,3,11H2,1-2H3. The summed E-state index contributed by atoms with van der Waals surface area (Å²) in [6.45, 7) is 4.69. The van der Waals surface area contributed by atoms with E-state index in [1.165, 1.54) is 18.4 Å². The SMILES string of the molecule is CCC1=C2C=CC3=CC=CC4C=CC(=C2C34)C(C)C1. The minimum Gasteiger partial charge on any atom is -0.0767 e. The maximum Gasteiger partial charge on any atom is 0.0196 e. The summed E-state index contributed by atoms with van der Waals surface area (Å²) >= 11 is 0. The van der Waals surface area contributed by atoms with Gasteiger partial charge in [-0.15, -0.1) is 0 Å². The smallest absolute Gasteiger partial charge is 0.0196 e. The molecule has 4 aliphatic rings. The van der Waals surface area contributed by atoms with Crippen LogP contribution >= 0.6 is 0 Å². The summed E-state index contributed by atoms with van der Waals surface area (Å²) in [4.78, 5) is 0. The molecule has 0 nitrogen and oxygen atoms in total. The molecular weight excluding hydrogens is 228 g/mol. The molecule has 0 bridgehead atoms. The largest absolute Gasteiger partial charge is 0.0767 e. The number of rotatable bonds is 1. The molecule has 3 unspecified atom stereocenters. The lowest BCUT2D eigenvalue weighted by Crippen LogP contribution is -2.29. The summed E-state index contributed by atoms with van der Waals surface area (Å²) in [5.41, 5.74) is 7.95. The van der Waals surface area contributed by atoms with Crippen LogP contribution < -0.4 is 0 Å². The highest BCUT2D eigenvalue weighted by Gasteiger charge is 2.37. The van der Waals surface area contributed by atoms with E-state index in [0.29, 0.717) is 17.8 Å². The molecular formula is C19H20. The van der Waals surface area contributed by atoms with Crippen LogP contribution in [-0.4, -0.2) is 0 Å². The number of hydrogen-bond acceptors (Lipinski definition) is 0. The fourth-order valence-corrected chi connectivity index (χ4v) is 4.16. The Morgan fingerprint density at radius 3 is 2.89 bits per heavy atom. The van der Waals surface area contributed by atoms with Crippen LogP contribution in [-0.2, 0) is 0 Å². The van der Waals surface area contributed by atoms with E-state index >= 15 is 0 Å². The third-order valence-corrected chi connectivity index (χ3v) is 5.11. The van der Waals surface area contributed by atoms with Crippen LogP contribution in [0.4, 0.5) is 0 Å². The van der Waals surface area contributed by atoms with E-state index in [0.717, 1.165) is 0 Å². The lowest BCUT2D eigenvalue weighted by Gasteiger charge is -2.41. The van der Waals surface area contributed by atoms with E-state index in [9.17, 15) is 0 Å². The molecule has 0 amide bonds. The first kappa shape index (κ1) is 11.3. The van der Waals surface area contributed by atoms with Gasteiger partial charge in [0.05, 0.1) is 0 Å². The Bertz CT molecular complexity index is 616. The zero-order chi connectivity index (χ0) is 13.0. The van der Waals surface area contributed by atoms with Gasteiger partial charge in [-0.25, -0.2) is 0 Å². The maximum atomic E-state index is 2.41. The Hall–Kier alpha value is -1.56. The second-order valence-corrected chi connectivity index (χ2v) is 6.14. The van der Waals surface area contributed by atoms with Crippen LogP contribution in [0.25, 0.3) is 0 Å². The van der Waals surface area contributed by atoms with Crippen molar-refractivity contribution >= 4 is 0 Å². The summed E-state index contributed by atoms with van der Waals surface area (Å²) in [7, 11) is 0. The highest BCUT2D eigenvalue weighted by molar-refractivity contribution is 5.64. The lowest BCUT2D eigenvalue weighted by molar-refractivity contribution is 0.548. The molecule has 4 aliphatic carbocycles. The van der Waals surface area contributed by atoms with Gasteiger partial charge in [-0.05, 0) is 41.1 Å². The van der Waals surface area contributed by atoms with E-state index in [4.69, 9.17) is 0 Å². The molecule has 0 heterocycles. The van der Waals surface area contributed by atoms with Gasteiger partial charge in [-0.2, -0.15) is 0 Å². The predicted molar refractivity (Wildman–Crippen MR) is 80.6 cm³/mol. The van der Waals surface area contributed by atoms with Gasteiger partial charge in [-0.3, -0.25) is 0 Å². The fourth-order valence-electron chi connectivity index (χ4n) is 4.16. The van der Waals surface area contributed by atoms with Crippen LogP contribution in [0.3, 0.4) is 0 Å². The van der Waals surface area contributed by atoms with E-state index in [1.54, 1.807) is 22.3 Å². The fraction of sp³-hybridized carbons (Fsp3) is 0.368. The predicted octanol–water partition coefficient (Wildman–Crippen LogP) is 4.90. The summed E-state index contributed by atoms with van der Waals surface area (Å²) in [6, 6.07) is 0. The summed E-state index contributed by atoms with van der Waals surface area (Å²) in [5.74, 6) is 1.85. The normalized spacial score (nSPS) is 34.6. The molecule has 0 heteroatoms. The van der Waals surface area contributed by atoms with Crippen molar-refractivity contribution in [2.75, 3.05) is 0 Å². The molecule has 0 aromatic heterocycles. The third-order valence-electron chi connectivity index (χ3n) is 5.11. The van der Waals surface area contributed by atoms with Crippen molar-refractivity contribution in [1.29, 1.82) is 0 Å². The third kappa shape index (κ3) is 1.46. The molecule has 0 radical (unpaired) electrons. The average molecular weight is 248 g/mol. The second-order valence-electron chi connectivity index (χ2n) is 6.14. The van der Waals surface area contributed by atoms with Crippen LogP contribution in [0.15, 0.2) is 70.4 Å². The van der Waals surface area contributed by atoms with Crippen LogP contribution in [0.5, 0.6) is 0 Å². The first-order valence-electron chi connectivity index (χ1n) is 7.50. The van der Waals surface area contributed by atoms with Gasteiger partial charge in [0, 0.05) is 11.8 Å². The van der Waals surface area contributed by atoms with E-state index in [-0.39, 0.29) is 0 Å². The molecule has 3 atom stereocenters. The molecule has 0 N–H and O–H groups in total. The van der Waals surface area contributed by atoms with Crippen molar-refractivity contribution < 1.29 is 0 Å². The quantitative estimate of drug-likeness (QED) is 0.619. The number of allylic oxidation sites excluding steroid dienone is 12. The average Bonchev–Trinajstić information content (AvgIpc) is 2.46. The van der Waals surface area contributed by atoms with Crippen molar-refractivity contribution in [3.05, 3.63) is 70.4 Å². The summed E-state index contributed by atoms with van der Waals surface area (Å²) in [5, 5.41) is 0. The molecule has 96 valence electrons. The first-order chi connectivity index (χ1) is 9.29. The Kier molecular flexibility index (Phi) is 2.35. The Labute approximate surface area is 115 Å². The van der Waals surface area contributed by atoms with Gasteiger partial charge in [0.15, 0.2) is 0 Å². The highest BCUT2D eigenvalue weighted by atomic mass is 14.4. The topological polar surface area (TPSA) is 0 Å². The van der Waals surface area contributed by atoms with Crippen LogP contribution in [0, 0.1) is 17.8 Å². The second kappa shape index (κ2) is 3.96. The van der Waals surface area contributed by atoms with Crippen LogP contribution in [0.1, 0.15) is 26.7 Å². The molecule has 0 aromatic carbocycles. The van der Waals surface area contributed by atoms with Gasteiger partial charge in [0.25, 0.3) is 0 Å². The summed E-state index contributed by atoms with van der Waals surface area (Å²) < 4.78 is 0. The minimum atomic E-state index is 0.571.